The smallest absolute Gasteiger partial charge is 0.289 e. The molecule has 4 heterocycles. The molecule has 5 rings (SSSR count). The molecule has 0 aliphatic carbocycles. The van der Waals surface area contributed by atoms with E-state index in [0.717, 1.165) is 84.7 Å². The number of likely N-dealkylation sites (tertiary alicyclic amines) is 1. The van der Waals surface area contributed by atoms with Crippen molar-refractivity contribution in [1.82, 2.24) is 20.0 Å². The fourth-order valence-electron chi connectivity index (χ4n) is 4.64. The van der Waals surface area contributed by atoms with Crippen LogP contribution >= 0.6 is 23.1 Å². The third-order valence-corrected chi connectivity index (χ3v) is 8.60. The molecule has 0 radical (unpaired) electrons. The Balaban J connectivity index is 1.23. The monoisotopic (exact) mass is 486 g/mol. The molecule has 0 spiro atoms. The van der Waals surface area contributed by atoms with Gasteiger partial charge in [0.2, 0.25) is 0 Å². The Bertz CT molecular complexity index is 1080. The lowest BCUT2D eigenvalue weighted by Crippen LogP contribution is -2.41. The Labute approximate surface area is 202 Å². The second-order valence-electron chi connectivity index (χ2n) is 8.76. The van der Waals surface area contributed by atoms with E-state index < -0.39 is 0 Å². The van der Waals surface area contributed by atoms with E-state index in [4.69, 9.17) is 9.15 Å². The number of aryl methyl sites for hydroxylation is 1. The van der Waals surface area contributed by atoms with Gasteiger partial charge in [-0.2, -0.15) is 0 Å². The van der Waals surface area contributed by atoms with Crippen LogP contribution in [0.15, 0.2) is 33.0 Å². The number of hydrogen-bond donors (Lipinski definition) is 0. The largest absolute Gasteiger partial charge is 0.451 e. The normalized spacial score (nSPS) is 18.3. The van der Waals surface area contributed by atoms with E-state index in [-0.39, 0.29) is 5.91 Å². The molecule has 0 unspecified atom stereocenters. The number of amides is 1. The highest BCUT2D eigenvalue weighted by molar-refractivity contribution is 8.00. The topological polar surface area (TPSA) is 71.7 Å². The Hall–Kier alpha value is -1.94. The van der Waals surface area contributed by atoms with Gasteiger partial charge in [0.05, 0.1) is 13.2 Å². The van der Waals surface area contributed by atoms with Gasteiger partial charge < -0.3 is 14.1 Å². The first kappa shape index (κ1) is 22.8. The summed E-state index contributed by atoms with van der Waals surface area (Å²) in [5.74, 6) is 1.82. The molecule has 0 bridgehead atoms. The summed E-state index contributed by atoms with van der Waals surface area (Å²) in [6.07, 6.45) is 3.32. The average molecular weight is 487 g/mol. The Morgan fingerprint density at radius 2 is 1.94 bits per heavy atom. The Kier molecular flexibility index (Phi) is 7.30. The van der Waals surface area contributed by atoms with Gasteiger partial charge in [0.1, 0.15) is 10.6 Å². The maximum absolute atomic E-state index is 13.5. The fraction of sp³-hybridized carbons (Fsp3) is 0.542. The van der Waals surface area contributed by atoms with Crippen LogP contribution in [0.2, 0.25) is 0 Å². The van der Waals surface area contributed by atoms with Crippen LogP contribution in [0.5, 0.6) is 0 Å². The van der Waals surface area contributed by atoms with E-state index in [0.29, 0.717) is 17.4 Å². The van der Waals surface area contributed by atoms with Crippen LogP contribution in [0.3, 0.4) is 0 Å². The van der Waals surface area contributed by atoms with Crippen molar-refractivity contribution in [2.24, 2.45) is 5.92 Å². The Morgan fingerprint density at radius 1 is 1.15 bits per heavy atom. The summed E-state index contributed by atoms with van der Waals surface area (Å²) in [5.41, 5.74) is 1.73. The highest BCUT2D eigenvalue weighted by Crippen LogP contribution is 2.34. The van der Waals surface area contributed by atoms with E-state index in [9.17, 15) is 4.79 Å². The summed E-state index contributed by atoms with van der Waals surface area (Å²) in [6, 6.07) is 7.92. The van der Waals surface area contributed by atoms with E-state index in [1.165, 1.54) is 6.42 Å². The van der Waals surface area contributed by atoms with Crippen molar-refractivity contribution in [2.75, 3.05) is 45.9 Å². The van der Waals surface area contributed by atoms with Crippen LogP contribution in [0.25, 0.3) is 11.0 Å². The number of morpholine rings is 1. The number of piperidine rings is 1. The first-order chi connectivity index (χ1) is 16.2. The maximum atomic E-state index is 13.5. The van der Waals surface area contributed by atoms with Gasteiger partial charge in [-0.25, -0.2) is 0 Å². The molecule has 3 aromatic rings. The summed E-state index contributed by atoms with van der Waals surface area (Å²) in [4.78, 5) is 18.0. The molecule has 33 heavy (non-hydrogen) atoms. The number of hydrogen-bond acceptors (Lipinski definition) is 8. The standard InChI is InChI=1S/C24H30N4O3S2/c1-17-25-26-24(33-17)32-16-20-19-4-2-3-5-21(19)31-22(20)23(29)28-10-7-18(8-11-28)6-9-27-12-14-30-15-13-27/h2-5,18H,6-16H2,1H3. The molecular weight excluding hydrogens is 456 g/mol. The predicted octanol–water partition coefficient (Wildman–Crippen LogP) is 4.46. The number of rotatable bonds is 7. The number of furan rings is 1. The molecule has 2 aliphatic heterocycles. The van der Waals surface area contributed by atoms with Gasteiger partial charge in [-0.15, -0.1) is 10.2 Å². The van der Waals surface area contributed by atoms with Crippen LogP contribution in [0.1, 0.15) is 40.4 Å². The first-order valence-electron chi connectivity index (χ1n) is 11.7. The lowest BCUT2D eigenvalue weighted by Gasteiger charge is -2.33. The lowest BCUT2D eigenvalue weighted by atomic mass is 9.93. The maximum Gasteiger partial charge on any atom is 0.289 e. The molecule has 9 heteroatoms. The summed E-state index contributed by atoms with van der Waals surface area (Å²) < 4.78 is 12.5. The van der Waals surface area contributed by atoms with Crippen LogP contribution in [0, 0.1) is 12.8 Å². The van der Waals surface area contributed by atoms with Crippen molar-refractivity contribution < 1.29 is 13.9 Å². The number of benzene rings is 1. The van der Waals surface area contributed by atoms with E-state index in [1.54, 1.807) is 23.1 Å². The predicted molar refractivity (Wildman–Crippen MR) is 131 cm³/mol. The minimum absolute atomic E-state index is 0.0156. The highest BCUT2D eigenvalue weighted by Gasteiger charge is 2.29. The second kappa shape index (κ2) is 10.5. The van der Waals surface area contributed by atoms with Crippen LogP contribution in [0.4, 0.5) is 0 Å². The fourth-order valence-corrected chi connectivity index (χ4v) is 6.49. The van der Waals surface area contributed by atoms with Crippen molar-refractivity contribution in [3.8, 4) is 0 Å². The number of para-hydroxylation sites is 1. The molecule has 1 amide bonds. The summed E-state index contributed by atoms with van der Waals surface area (Å²) in [6.45, 7) is 8.47. The van der Waals surface area contributed by atoms with Crippen LogP contribution < -0.4 is 0 Å². The van der Waals surface area contributed by atoms with Gasteiger partial charge in [0, 0.05) is 42.9 Å². The van der Waals surface area contributed by atoms with E-state index >= 15 is 0 Å². The van der Waals surface area contributed by atoms with Crippen molar-refractivity contribution in [3.63, 3.8) is 0 Å². The highest BCUT2D eigenvalue weighted by atomic mass is 32.2. The first-order valence-corrected chi connectivity index (χ1v) is 13.5. The molecule has 0 atom stereocenters. The third-order valence-electron chi connectivity index (χ3n) is 6.60. The molecule has 0 saturated carbocycles. The third kappa shape index (κ3) is 5.42. The number of fused-ring (bicyclic) bond motifs is 1. The minimum atomic E-state index is 0.0156. The number of ether oxygens (including phenoxy) is 1. The minimum Gasteiger partial charge on any atom is -0.451 e. The van der Waals surface area contributed by atoms with Gasteiger partial charge in [0.15, 0.2) is 10.1 Å². The van der Waals surface area contributed by atoms with Gasteiger partial charge in [-0.1, -0.05) is 41.3 Å². The number of carbonyl (C=O) groups is 1. The summed E-state index contributed by atoms with van der Waals surface area (Å²) in [5, 5.41) is 10.3. The molecule has 176 valence electrons. The van der Waals surface area contributed by atoms with Crippen molar-refractivity contribution in [2.45, 2.75) is 36.3 Å². The molecule has 1 aromatic carbocycles. The number of carbonyl (C=O) groups excluding carboxylic acids is 1. The lowest BCUT2D eigenvalue weighted by molar-refractivity contribution is 0.0331. The van der Waals surface area contributed by atoms with Crippen molar-refractivity contribution in [3.05, 3.63) is 40.6 Å². The summed E-state index contributed by atoms with van der Waals surface area (Å²) >= 11 is 3.19. The number of thioether (sulfide) groups is 1. The van der Waals surface area contributed by atoms with Crippen molar-refractivity contribution in [1.29, 1.82) is 0 Å². The molecule has 0 N–H and O–H groups in total. The van der Waals surface area contributed by atoms with E-state index in [2.05, 4.69) is 15.1 Å². The van der Waals surface area contributed by atoms with Crippen molar-refractivity contribution >= 4 is 40.0 Å². The second-order valence-corrected chi connectivity index (χ2v) is 11.2. The van der Waals surface area contributed by atoms with Crippen LogP contribution in [-0.4, -0.2) is 71.8 Å². The quantitative estimate of drug-likeness (QED) is 0.457. The van der Waals surface area contributed by atoms with Crippen LogP contribution in [-0.2, 0) is 10.5 Å². The number of nitrogens with zero attached hydrogens (tertiary/aromatic N) is 4. The molecule has 7 nitrogen and oxygen atoms in total. The molecule has 2 saturated heterocycles. The SMILES string of the molecule is Cc1nnc(SCc2c(C(=O)N3CCC(CCN4CCOCC4)CC3)oc3ccccc23)s1. The molecule has 2 fully saturated rings. The van der Waals surface area contributed by atoms with Gasteiger partial charge in [-0.3, -0.25) is 9.69 Å². The molecule has 2 aliphatic rings. The zero-order valence-electron chi connectivity index (χ0n) is 19.0. The van der Waals surface area contributed by atoms with Gasteiger partial charge >= 0.3 is 0 Å². The number of aromatic nitrogens is 2. The molecule has 2 aromatic heterocycles. The Morgan fingerprint density at radius 3 is 2.70 bits per heavy atom. The summed E-state index contributed by atoms with van der Waals surface area (Å²) in [7, 11) is 0. The van der Waals surface area contributed by atoms with E-state index in [1.807, 2.05) is 36.1 Å². The zero-order valence-corrected chi connectivity index (χ0v) is 20.6. The van der Waals surface area contributed by atoms with Gasteiger partial charge in [-0.05, 0) is 44.7 Å². The average Bonchev–Trinajstić information content (AvgIpc) is 3.45. The van der Waals surface area contributed by atoms with Gasteiger partial charge in [0.25, 0.3) is 5.91 Å². The molecular formula is C24H30N4O3S2. The zero-order chi connectivity index (χ0) is 22.6.